The van der Waals surface area contributed by atoms with Crippen LogP contribution in [0.2, 0.25) is 0 Å². The Kier molecular flexibility index (Phi) is 2.90. The van der Waals surface area contributed by atoms with E-state index < -0.39 is 0 Å². The Morgan fingerprint density at radius 1 is 1.22 bits per heavy atom. The van der Waals surface area contributed by atoms with E-state index in [1.54, 1.807) is 17.1 Å². The molecule has 18 heavy (non-hydrogen) atoms. The molecule has 3 aromatic heterocycles. The van der Waals surface area contributed by atoms with Gasteiger partial charge < -0.3 is 0 Å². The Bertz CT molecular complexity index is 697. The summed E-state index contributed by atoms with van der Waals surface area (Å²) in [6.07, 6.45) is 6.11. The van der Waals surface area contributed by atoms with Crippen LogP contribution in [0.1, 0.15) is 5.56 Å². The van der Waals surface area contributed by atoms with E-state index in [-0.39, 0.29) is 5.82 Å². The summed E-state index contributed by atoms with van der Waals surface area (Å²) in [5.41, 5.74) is 1.58. The molecule has 3 aromatic rings. The second-order valence-corrected chi connectivity index (χ2v) is 4.74. The topological polar surface area (TPSA) is 56.5 Å². The molecule has 0 N–H and O–H groups in total. The van der Waals surface area contributed by atoms with Crippen LogP contribution in [-0.4, -0.2) is 24.7 Å². The highest BCUT2D eigenvalue weighted by Crippen LogP contribution is 2.19. The van der Waals surface area contributed by atoms with Crippen molar-refractivity contribution in [1.29, 1.82) is 0 Å². The lowest BCUT2D eigenvalue weighted by Crippen LogP contribution is -2.03. The average molecular weight is 355 g/mol. The molecule has 0 aromatic carbocycles. The zero-order valence-electron chi connectivity index (χ0n) is 9.09. The lowest BCUT2D eigenvalue weighted by molar-refractivity contribution is 0.622. The van der Waals surface area contributed by atoms with E-state index in [2.05, 4.69) is 42.6 Å². The zero-order chi connectivity index (χ0) is 12.5. The third-order valence-corrected chi connectivity index (χ3v) is 3.25. The quantitative estimate of drug-likeness (QED) is 0.660. The van der Waals surface area contributed by atoms with E-state index in [1.165, 1.54) is 18.6 Å². The molecule has 0 fully saturated rings. The van der Waals surface area contributed by atoms with E-state index in [0.717, 1.165) is 9.26 Å². The SMILES string of the molecule is Fc1cnc2c(c1)c(I)nn2Cc1cncnc1. The fourth-order valence-corrected chi connectivity index (χ4v) is 2.35. The van der Waals surface area contributed by atoms with Crippen molar-refractivity contribution in [3.63, 3.8) is 0 Å². The number of hydrogen-bond donors (Lipinski definition) is 0. The first-order valence-corrected chi connectivity index (χ1v) is 6.23. The van der Waals surface area contributed by atoms with Crippen molar-refractivity contribution >= 4 is 33.6 Å². The van der Waals surface area contributed by atoms with Crippen LogP contribution in [0.3, 0.4) is 0 Å². The smallest absolute Gasteiger partial charge is 0.159 e. The first-order chi connectivity index (χ1) is 8.74. The second-order valence-electron chi connectivity index (χ2n) is 3.72. The van der Waals surface area contributed by atoms with Crippen molar-refractivity contribution in [3.05, 3.63) is 46.1 Å². The highest BCUT2D eigenvalue weighted by molar-refractivity contribution is 14.1. The summed E-state index contributed by atoms with van der Waals surface area (Å²) in [7, 11) is 0. The molecule has 0 unspecified atom stereocenters. The predicted octanol–water partition coefficient (Wildman–Crippen LogP) is 2.01. The van der Waals surface area contributed by atoms with Crippen molar-refractivity contribution in [2.45, 2.75) is 6.54 Å². The summed E-state index contributed by atoms with van der Waals surface area (Å²) in [6.45, 7) is 0.513. The van der Waals surface area contributed by atoms with Crippen LogP contribution in [0.5, 0.6) is 0 Å². The summed E-state index contributed by atoms with van der Waals surface area (Å²) in [6, 6.07) is 1.44. The van der Waals surface area contributed by atoms with Gasteiger partial charge in [0.15, 0.2) is 5.65 Å². The third-order valence-electron chi connectivity index (χ3n) is 2.45. The van der Waals surface area contributed by atoms with Gasteiger partial charge >= 0.3 is 0 Å². The molecule has 0 radical (unpaired) electrons. The largest absolute Gasteiger partial charge is 0.244 e. The molecular formula is C11H7FIN5. The van der Waals surface area contributed by atoms with E-state index in [1.807, 2.05) is 0 Å². The van der Waals surface area contributed by atoms with E-state index in [0.29, 0.717) is 17.6 Å². The molecule has 5 nitrogen and oxygen atoms in total. The Hall–Kier alpha value is -1.64. The standard InChI is InChI=1S/C11H7FIN5/c12-8-1-9-10(13)17-18(11(9)16-4-8)5-7-2-14-6-15-3-7/h1-4,6H,5H2. The molecule has 0 saturated heterocycles. The third kappa shape index (κ3) is 2.05. The van der Waals surface area contributed by atoms with E-state index in [9.17, 15) is 4.39 Å². The van der Waals surface area contributed by atoms with Gasteiger partial charge in [-0.1, -0.05) is 0 Å². The predicted molar refractivity (Wildman–Crippen MR) is 71.3 cm³/mol. The van der Waals surface area contributed by atoms with Gasteiger partial charge in [0.2, 0.25) is 0 Å². The van der Waals surface area contributed by atoms with Crippen LogP contribution < -0.4 is 0 Å². The van der Waals surface area contributed by atoms with Gasteiger partial charge in [0.25, 0.3) is 0 Å². The fraction of sp³-hybridized carbons (Fsp3) is 0.0909. The lowest BCUT2D eigenvalue weighted by atomic mass is 10.3. The minimum absolute atomic E-state index is 0.358. The molecule has 0 spiro atoms. The van der Waals surface area contributed by atoms with E-state index in [4.69, 9.17) is 0 Å². The van der Waals surface area contributed by atoms with Crippen LogP contribution in [-0.2, 0) is 6.54 Å². The van der Waals surface area contributed by atoms with Crippen molar-refractivity contribution in [1.82, 2.24) is 24.7 Å². The van der Waals surface area contributed by atoms with Gasteiger partial charge in [0.05, 0.1) is 18.1 Å². The summed E-state index contributed by atoms with van der Waals surface area (Å²) in [4.78, 5) is 12.0. The molecule has 7 heteroatoms. The Labute approximate surface area is 115 Å². The first-order valence-electron chi connectivity index (χ1n) is 5.15. The molecule has 0 aliphatic heterocycles. The van der Waals surface area contributed by atoms with Gasteiger partial charge in [-0.25, -0.2) is 24.0 Å². The number of nitrogens with zero attached hydrogens (tertiary/aromatic N) is 5. The maximum atomic E-state index is 13.1. The number of fused-ring (bicyclic) bond motifs is 1. The molecule has 0 saturated carbocycles. The number of halogens is 2. The maximum absolute atomic E-state index is 13.1. The summed E-state index contributed by atoms with van der Waals surface area (Å²) < 4.78 is 15.6. The van der Waals surface area contributed by atoms with Crippen LogP contribution in [0.15, 0.2) is 31.0 Å². The molecule has 0 atom stereocenters. The van der Waals surface area contributed by atoms with Crippen molar-refractivity contribution < 1.29 is 4.39 Å². The van der Waals surface area contributed by atoms with Gasteiger partial charge in [0, 0.05) is 18.0 Å². The van der Waals surface area contributed by atoms with Crippen molar-refractivity contribution in [3.8, 4) is 0 Å². The minimum Gasteiger partial charge on any atom is -0.244 e. The number of hydrogen-bond acceptors (Lipinski definition) is 4. The first kappa shape index (κ1) is 11.5. The molecule has 90 valence electrons. The van der Waals surface area contributed by atoms with Gasteiger partial charge in [-0.05, 0) is 28.7 Å². The van der Waals surface area contributed by atoms with Gasteiger partial charge in [-0.15, -0.1) is 0 Å². The molecule has 0 aliphatic carbocycles. The minimum atomic E-state index is -0.358. The molecule has 0 aliphatic rings. The second kappa shape index (κ2) is 4.56. The number of rotatable bonds is 2. The van der Waals surface area contributed by atoms with Crippen LogP contribution in [0, 0.1) is 9.52 Å². The number of aromatic nitrogens is 5. The Balaban J connectivity index is 2.08. The monoisotopic (exact) mass is 355 g/mol. The highest BCUT2D eigenvalue weighted by Gasteiger charge is 2.11. The van der Waals surface area contributed by atoms with Crippen molar-refractivity contribution in [2.24, 2.45) is 0 Å². The van der Waals surface area contributed by atoms with Crippen LogP contribution in [0.4, 0.5) is 4.39 Å². The van der Waals surface area contributed by atoms with E-state index >= 15 is 0 Å². The van der Waals surface area contributed by atoms with Gasteiger partial charge in [-0.2, -0.15) is 5.10 Å². The van der Waals surface area contributed by atoms with Crippen LogP contribution >= 0.6 is 22.6 Å². The average Bonchev–Trinajstić information content (AvgIpc) is 2.67. The van der Waals surface area contributed by atoms with Gasteiger partial charge in [-0.3, -0.25) is 0 Å². The maximum Gasteiger partial charge on any atom is 0.159 e. The normalized spacial score (nSPS) is 11.0. The summed E-state index contributed by atoms with van der Waals surface area (Å²) in [5, 5.41) is 5.06. The highest BCUT2D eigenvalue weighted by atomic mass is 127. The molecular weight excluding hydrogens is 348 g/mol. The molecule has 3 rings (SSSR count). The Morgan fingerprint density at radius 3 is 2.78 bits per heavy atom. The number of pyridine rings is 1. The van der Waals surface area contributed by atoms with Gasteiger partial charge in [0.1, 0.15) is 15.8 Å². The molecule has 3 heterocycles. The molecule has 0 amide bonds. The summed E-state index contributed by atoms with van der Waals surface area (Å²) >= 11 is 2.07. The van der Waals surface area contributed by atoms with Crippen molar-refractivity contribution in [2.75, 3.05) is 0 Å². The summed E-state index contributed by atoms with van der Waals surface area (Å²) in [5.74, 6) is -0.358. The fourth-order valence-electron chi connectivity index (χ4n) is 1.69. The molecule has 0 bridgehead atoms. The lowest BCUT2D eigenvalue weighted by Gasteiger charge is -2.01. The Morgan fingerprint density at radius 2 is 2.00 bits per heavy atom. The van der Waals surface area contributed by atoms with Crippen LogP contribution in [0.25, 0.3) is 11.0 Å². The zero-order valence-corrected chi connectivity index (χ0v) is 11.2.